The molecule has 1 aliphatic heterocycles. The van der Waals surface area contributed by atoms with E-state index in [4.69, 9.17) is 21.2 Å². The van der Waals surface area contributed by atoms with Gasteiger partial charge in [0, 0.05) is 19.6 Å². The summed E-state index contributed by atoms with van der Waals surface area (Å²) in [6, 6.07) is 13.4. The fourth-order valence-electron chi connectivity index (χ4n) is 3.86. The summed E-state index contributed by atoms with van der Waals surface area (Å²) in [5.74, 6) is -0.427. The van der Waals surface area contributed by atoms with Crippen molar-refractivity contribution in [3.63, 3.8) is 0 Å². The van der Waals surface area contributed by atoms with Crippen LogP contribution in [0.15, 0.2) is 35.4 Å². The number of benzene rings is 1. The molecule has 1 saturated heterocycles. The van der Waals surface area contributed by atoms with E-state index < -0.39 is 11.2 Å². The van der Waals surface area contributed by atoms with Crippen molar-refractivity contribution in [1.82, 2.24) is 10.3 Å². The maximum atomic E-state index is 12.3. The second-order valence-electron chi connectivity index (χ2n) is 7.80. The van der Waals surface area contributed by atoms with Gasteiger partial charge in [0.1, 0.15) is 28.2 Å². The smallest absolute Gasteiger partial charge is 0.235 e. The van der Waals surface area contributed by atoms with Crippen LogP contribution in [0.1, 0.15) is 34.4 Å². The number of carbonyl (C=O) groups is 2. The normalized spacial score (nSPS) is 16.1. The van der Waals surface area contributed by atoms with Crippen molar-refractivity contribution in [3.8, 4) is 12.1 Å². The minimum atomic E-state index is -0.759. The topological polar surface area (TPSA) is 171 Å². The van der Waals surface area contributed by atoms with Crippen LogP contribution in [0.25, 0.3) is 0 Å². The molecular weight excluding hydrogens is 466 g/mol. The quantitative estimate of drug-likeness (QED) is 0.431. The fraction of sp³-hybridized carbons (Fsp3) is 0.375. The Morgan fingerprint density at radius 1 is 1.29 bits per heavy atom. The molecule has 0 aliphatic carbocycles. The number of pyridine rings is 1. The molecule has 1 aliphatic rings. The SMILES string of the molecule is CCc1c(C#N)c(SC(C(N)=O)c2ccccc2)nc(N2CCOC(CNC(=O)CN)C2)c1C#N. The predicted molar refractivity (Wildman–Crippen MR) is 131 cm³/mol. The number of ether oxygens (including phenoxy) is 1. The molecule has 0 saturated carbocycles. The number of rotatable bonds is 9. The number of anilines is 1. The molecule has 1 aromatic carbocycles. The first-order valence-corrected chi connectivity index (χ1v) is 12.0. The van der Waals surface area contributed by atoms with E-state index in [-0.39, 0.29) is 30.7 Å². The van der Waals surface area contributed by atoms with Gasteiger partial charge in [-0.15, -0.1) is 0 Å². The van der Waals surface area contributed by atoms with Crippen molar-refractivity contribution in [2.45, 2.75) is 29.7 Å². The van der Waals surface area contributed by atoms with Crippen molar-refractivity contribution >= 4 is 29.4 Å². The molecular formula is C24H27N7O3S. The number of nitrogens with one attached hydrogen (secondary N) is 1. The number of carbonyl (C=O) groups excluding carboxylic acids is 2. The molecule has 2 unspecified atom stereocenters. The predicted octanol–water partition coefficient (Wildman–Crippen LogP) is 0.986. The Morgan fingerprint density at radius 3 is 2.60 bits per heavy atom. The van der Waals surface area contributed by atoms with Gasteiger partial charge >= 0.3 is 0 Å². The minimum absolute atomic E-state index is 0.116. The van der Waals surface area contributed by atoms with Gasteiger partial charge in [0.25, 0.3) is 0 Å². The van der Waals surface area contributed by atoms with Crippen LogP contribution in [-0.2, 0) is 20.7 Å². The fourth-order valence-corrected chi connectivity index (χ4v) is 4.92. The lowest BCUT2D eigenvalue weighted by Gasteiger charge is -2.35. The average molecular weight is 494 g/mol. The zero-order valence-corrected chi connectivity index (χ0v) is 20.2. The van der Waals surface area contributed by atoms with Crippen molar-refractivity contribution in [2.24, 2.45) is 11.5 Å². The lowest BCUT2D eigenvalue weighted by Crippen LogP contribution is -2.48. The first-order chi connectivity index (χ1) is 16.9. The molecule has 0 spiro atoms. The van der Waals surface area contributed by atoms with Gasteiger partial charge in [-0.1, -0.05) is 49.0 Å². The Kier molecular flexibility index (Phi) is 9.04. The first kappa shape index (κ1) is 26.0. The molecule has 5 N–H and O–H groups in total. The maximum absolute atomic E-state index is 12.3. The zero-order valence-electron chi connectivity index (χ0n) is 19.4. The van der Waals surface area contributed by atoms with Crippen LogP contribution in [0.4, 0.5) is 5.82 Å². The van der Waals surface area contributed by atoms with Gasteiger partial charge in [0.2, 0.25) is 11.8 Å². The van der Waals surface area contributed by atoms with Crippen molar-refractivity contribution < 1.29 is 14.3 Å². The molecule has 2 heterocycles. The van der Waals surface area contributed by atoms with Crippen LogP contribution in [0.5, 0.6) is 0 Å². The van der Waals surface area contributed by atoms with E-state index in [0.29, 0.717) is 53.7 Å². The highest BCUT2D eigenvalue weighted by molar-refractivity contribution is 8.00. The van der Waals surface area contributed by atoms with E-state index in [9.17, 15) is 20.1 Å². The zero-order chi connectivity index (χ0) is 25.4. The molecule has 2 amide bonds. The van der Waals surface area contributed by atoms with E-state index >= 15 is 0 Å². The van der Waals surface area contributed by atoms with Gasteiger partial charge in [-0.05, 0) is 17.5 Å². The highest BCUT2D eigenvalue weighted by atomic mass is 32.2. The molecule has 11 heteroatoms. The number of primary amides is 1. The molecule has 1 fully saturated rings. The van der Waals surface area contributed by atoms with Gasteiger partial charge in [0.05, 0.1) is 30.4 Å². The number of nitrogens with zero attached hydrogens (tertiary/aromatic N) is 4. The number of amides is 2. The molecule has 3 rings (SSSR count). The van der Waals surface area contributed by atoms with Crippen molar-refractivity contribution in [2.75, 3.05) is 37.7 Å². The molecule has 10 nitrogen and oxygen atoms in total. The van der Waals surface area contributed by atoms with Crippen LogP contribution < -0.4 is 21.7 Å². The van der Waals surface area contributed by atoms with E-state index in [2.05, 4.69) is 17.5 Å². The number of nitrogens with two attached hydrogens (primary N) is 2. The lowest BCUT2D eigenvalue weighted by atomic mass is 10.0. The molecule has 35 heavy (non-hydrogen) atoms. The summed E-state index contributed by atoms with van der Waals surface area (Å²) in [5, 5.41) is 22.2. The summed E-state index contributed by atoms with van der Waals surface area (Å²) in [6.07, 6.45) is 0.106. The van der Waals surface area contributed by atoms with E-state index in [1.54, 1.807) is 12.1 Å². The van der Waals surface area contributed by atoms with Crippen LogP contribution in [0.2, 0.25) is 0 Å². The third-order valence-corrected chi connectivity index (χ3v) is 6.83. The Bertz CT molecular complexity index is 1160. The largest absolute Gasteiger partial charge is 0.373 e. The maximum Gasteiger partial charge on any atom is 0.235 e. The van der Waals surface area contributed by atoms with Crippen LogP contribution in [0.3, 0.4) is 0 Å². The molecule has 182 valence electrons. The molecule has 1 aromatic heterocycles. The standard InChI is InChI=1S/C24H27N7O3S/c1-2-17-18(10-25)23(31-8-9-34-16(14-31)13-29-20(32)12-27)30-24(19(17)11-26)35-21(22(28)33)15-6-4-3-5-7-15/h3-7,16,21H,2,8-9,12-14,27H2,1H3,(H2,28,33)(H,29,32). The number of aromatic nitrogens is 1. The number of thioether (sulfide) groups is 1. The summed E-state index contributed by atoms with van der Waals surface area (Å²) in [5.41, 5.74) is 12.9. The minimum Gasteiger partial charge on any atom is -0.373 e. The Labute approximate surface area is 208 Å². The number of nitriles is 2. The highest BCUT2D eigenvalue weighted by Gasteiger charge is 2.29. The molecule has 0 bridgehead atoms. The van der Waals surface area contributed by atoms with Crippen LogP contribution in [0, 0.1) is 22.7 Å². The molecule has 2 atom stereocenters. The van der Waals surface area contributed by atoms with Gasteiger partial charge < -0.3 is 26.4 Å². The lowest BCUT2D eigenvalue weighted by molar-refractivity contribution is -0.120. The number of hydrogen-bond acceptors (Lipinski definition) is 9. The van der Waals surface area contributed by atoms with E-state index in [0.717, 1.165) is 11.8 Å². The van der Waals surface area contributed by atoms with Gasteiger partial charge in [-0.2, -0.15) is 10.5 Å². The third kappa shape index (κ3) is 6.08. The summed E-state index contributed by atoms with van der Waals surface area (Å²) in [7, 11) is 0. The van der Waals surface area contributed by atoms with E-state index in [1.165, 1.54) is 0 Å². The van der Waals surface area contributed by atoms with Crippen LogP contribution >= 0.6 is 11.8 Å². The van der Waals surface area contributed by atoms with Gasteiger partial charge in [-0.25, -0.2) is 4.98 Å². The number of morpholine rings is 1. The van der Waals surface area contributed by atoms with Gasteiger partial charge in [0.15, 0.2) is 0 Å². The van der Waals surface area contributed by atoms with Gasteiger partial charge in [-0.3, -0.25) is 9.59 Å². The molecule has 2 aromatic rings. The van der Waals surface area contributed by atoms with Crippen molar-refractivity contribution in [3.05, 3.63) is 52.6 Å². The first-order valence-electron chi connectivity index (χ1n) is 11.1. The van der Waals surface area contributed by atoms with Crippen molar-refractivity contribution in [1.29, 1.82) is 10.5 Å². The summed E-state index contributed by atoms with van der Waals surface area (Å²) < 4.78 is 5.76. The third-order valence-electron chi connectivity index (χ3n) is 5.57. The Balaban J connectivity index is 2.02. The van der Waals surface area contributed by atoms with E-state index in [1.807, 2.05) is 30.0 Å². The Hall–Kier alpha value is -3.64. The molecule has 0 radical (unpaired) electrons. The monoisotopic (exact) mass is 493 g/mol. The second-order valence-corrected chi connectivity index (χ2v) is 8.90. The number of hydrogen-bond donors (Lipinski definition) is 3. The second kappa shape index (κ2) is 12.2. The summed E-state index contributed by atoms with van der Waals surface area (Å²) in [6.45, 7) is 3.24. The van der Waals surface area contributed by atoms with Crippen LogP contribution in [-0.4, -0.2) is 55.7 Å². The summed E-state index contributed by atoms with van der Waals surface area (Å²) >= 11 is 1.10. The Morgan fingerprint density at radius 2 is 2.00 bits per heavy atom. The summed E-state index contributed by atoms with van der Waals surface area (Å²) in [4.78, 5) is 30.5. The average Bonchev–Trinajstić information content (AvgIpc) is 2.89. The highest BCUT2D eigenvalue weighted by Crippen LogP contribution is 2.39.